The van der Waals surface area contributed by atoms with Gasteiger partial charge in [0.25, 0.3) is 0 Å². The van der Waals surface area contributed by atoms with E-state index in [9.17, 15) is 25.5 Å². The van der Waals surface area contributed by atoms with Crippen molar-refractivity contribution < 1.29 is 30.6 Å². The molecule has 1 aromatic rings. The van der Waals surface area contributed by atoms with Gasteiger partial charge in [0.2, 0.25) is 0 Å². The van der Waals surface area contributed by atoms with E-state index < -0.39 is 37.3 Å². The Morgan fingerprint density at radius 3 is 2.22 bits per heavy atom. The molecule has 0 saturated heterocycles. The largest absolute Gasteiger partial charge is 0.394 e. The highest BCUT2D eigenvalue weighted by molar-refractivity contribution is 5.51. The highest BCUT2D eigenvalue weighted by Crippen LogP contribution is 2.16. The predicted octanol–water partition coefficient (Wildman–Crippen LogP) is -1.48. The molecule has 130 valence electrons. The van der Waals surface area contributed by atoms with Crippen LogP contribution in [-0.4, -0.2) is 79.8 Å². The van der Waals surface area contributed by atoms with Crippen LogP contribution in [0.1, 0.15) is 11.1 Å². The lowest BCUT2D eigenvalue weighted by Gasteiger charge is -2.33. The SMILES string of the molecule is C=Cc1ccccc1CN(C)C(O)C(O)C(O)C(O)C(O)CO. The van der Waals surface area contributed by atoms with Gasteiger partial charge in [-0.1, -0.05) is 36.9 Å². The van der Waals surface area contributed by atoms with Crippen molar-refractivity contribution in [3.63, 3.8) is 0 Å². The number of hydrogen-bond donors (Lipinski definition) is 6. The van der Waals surface area contributed by atoms with Crippen LogP contribution in [0.2, 0.25) is 0 Å². The van der Waals surface area contributed by atoms with Crippen LogP contribution < -0.4 is 0 Å². The summed E-state index contributed by atoms with van der Waals surface area (Å²) in [4.78, 5) is 1.38. The molecule has 0 radical (unpaired) electrons. The Morgan fingerprint density at radius 1 is 1.04 bits per heavy atom. The minimum absolute atomic E-state index is 0.270. The maximum absolute atomic E-state index is 10.1. The Balaban J connectivity index is 2.75. The first-order chi connectivity index (χ1) is 10.8. The maximum atomic E-state index is 10.1. The van der Waals surface area contributed by atoms with Gasteiger partial charge >= 0.3 is 0 Å². The van der Waals surface area contributed by atoms with Crippen molar-refractivity contribution in [2.75, 3.05) is 13.7 Å². The van der Waals surface area contributed by atoms with E-state index in [2.05, 4.69) is 6.58 Å². The van der Waals surface area contributed by atoms with Gasteiger partial charge in [-0.2, -0.15) is 0 Å². The molecule has 0 fully saturated rings. The standard InChI is InChI=1S/C16H25NO6/c1-3-10-6-4-5-7-11(10)8-17(2)16(23)15(22)14(21)13(20)12(19)9-18/h3-7,12-16,18-23H,1,8-9H2,2H3. The van der Waals surface area contributed by atoms with Gasteiger partial charge in [-0.25, -0.2) is 0 Å². The first-order valence-corrected chi connectivity index (χ1v) is 7.25. The molecule has 0 aliphatic heterocycles. The Kier molecular flexibility index (Phi) is 7.80. The van der Waals surface area contributed by atoms with Crippen LogP contribution in [-0.2, 0) is 6.54 Å². The molecule has 1 rings (SSSR count). The summed E-state index contributed by atoms with van der Waals surface area (Å²) in [5.74, 6) is 0. The van der Waals surface area contributed by atoms with Gasteiger partial charge in [0.1, 0.15) is 30.6 Å². The highest BCUT2D eigenvalue weighted by Gasteiger charge is 2.35. The van der Waals surface area contributed by atoms with Crippen LogP contribution in [0.5, 0.6) is 0 Å². The van der Waals surface area contributed by atoms with E-state index >= 15 is 0 Å². The molecule has 23 heavy (non-hydrogen) atoms. The normalized spacial score (nSPS) is 18.3. The van der Waals surface area contributed by atoms with Gasteiger partial charge in [-0.15, -0.1) is 0 Å². The first kappa shape index (κ1) is 19.7. The minimum atomic E-state index is -1.82. The van der Waals surface area contributed by atoms with Crippen molar-refractivity contribution in [3.05, 3.63) is 42.0 Å². The zero-order valence-electron chi connectivity index (χ0n) is 13.0. The lowest BCUT2D eigenvalue weighted by molar-refractivity contribution is -0.168. The molecule has 7 nitrogen and oxygen atoms in total. The molecule has 6 N–H and O–H groups in total. The summed E-state index contributed by atoms with van der Waals surface area (Å²) in [6, 6.07) is 7.37. The fourth-order valence-corrected chi connectivity index (χ4v) is 2.21. The molecule has 0 bridgehead atoms. The Labute approximate surface area is 135 Å². The molecule has 0 aliphatic rings. The topological polar surface area (TPSA) is 125 Å². The second kappa shape index (κ2) is 9.09. The van der Waals surface area contributed by atoms with Gasteiger partial charge < -0.3 is 30.6 Å². The third kappa shape index (κ3) is 5.08. The fourth-order valence-electron chi connectivity index (χ4n) is 2.21. The zero-order chi connectivity index (χ0) is 17.6. The van der Waals surface area contributed by atoms with E-state index in [-0.39, 0.29) is 6.54 Å². The number of nitrogens with zero attached hydrogens (tertiary/aromatic N) is 1. The van der Waals surface area contributed by atoms with E-state index in [1.165, 1.54) is 11.9 Å². The summed E-state index contributed by atoms with van der Waals surface area (Å²) < 4.78 is 0. The van der Waals surface area contributed by atoms with Gasteiger partial charge in [-0.05, 0) is 18.2 Å². The summed E-state index contributed by atoms with van der Waals surface area (Å²) in [7, 11) is 1.54. The third-order valence-electron chi connectivity index (χ3n) is 3.73. The molecule has 5 unspecified atom stereocenters. The number of likely N-dealkylation sites (N-methyl/N-ethyl adjacent to an activating group) is 1. The predicted molar refractivity (Wildman–Crippen MR) is 85.1 cm³/mol. The molecule has 1 aromatic carbocycles. The molecule has 0 saturated carbocycles. The van der Waals surface area contributed by atoms with Crippen LogP contribution in [0.4, 0.5) is 0 Å². The summed E-state index contributed by atoms with van der Waals surface area (Å²) >= 11 is 0. The number of hydrogen-bond acceptors (Lipinski definition) is 7. The average Bonchev–Trinajstić information content (AvgIpc) is 2.58. The van der Waals surface area contributed by atoms with Crippen molar-refractivity contribution in [2.45, 2.75) is 37.2 Å². The molecule has 0 aromatic heterocycles. The van der Waals surface area contributed by atoms with Gasteiger partial charge in [0.05, 0.1) is 6.61 Å². The quantitative estimate of drug-likeness (QED) is 0.305. The third-order valence-corrected chi connectivity index (χ3v) is 3.73. The minimum Gasteiger partial charge on any atom is -0.394 e. The van der Waals surface area contributed by atoms with Crippen LogP contribution in [0.25, 0.3) is 6.08 Å². The Morgan fingerprint density at radius 2 is 1.65 bits per heavy atom. The molecule has 0 amide bonds. The lowest BCUT2D eigenvalue weighted by atomic mass is 10.0. The first-order valence-electron chi connectivity index (χ1n) is 7.25. The molecule has 0 spiro atoms. The van der Waals surface area contributed by atoms with Gasteiger partial charge in [0.15, 0.2) is 0 Å². The monoisotopic (exact) mass is 327 g/mol. The van der Waals surface area contributed by atoms with Crippen molar-refractivity contribution in [3.8, 4) is 0 Å². The maximum Gasteiger partial charge on any atom is 0.136 e. The second-order valence-electron chi connectivity index (χ2n) is 5.45. The van der Waals surface area contributed by atoms with E-state index in [1.807, 2.05) is 24.3 Å². The van der Waals surface area contributed by atoms with Crippen LogP contribution >= 0.6 is 0 Å². The van der Waals surface area contributed by atoms with Crippen molar-refractivity contribution in [2.24, 2.45) is 0 Å². The van der Waals surface area contributed by atoms with Crippen LogP contribution in [0.15, 0.2) is 30.8 Å². The van der Waals surface area contributed by atoms with E-state index in [0.29, 0.717) is 0 Å². The molecular formula is C16H25NO6. The smallest absolute Gasteiger partial charge is 0.136 e. The van der Waals surface area contributed by atoms with Crippen molar-refractivity contribution >= 4 is 6.08 Å². The van der Waals surface area contributed by atoms with Gasteiger partial charge in [0, 0.05) is 6.54 Å². The molecule has 0 heterocycles. The average molecular weight is 327 g/mol. The number of aliphatic hydroxyl groups excluding tert-OH is 6. The highest BCUT2D eigenvalue weighted by atomic mass is 16.4. The Bertz CT molecular complexity index is 497. The van der Waals surface area contributed by atoms with Crippen LogP contribution in [0, 0.1) is 0 Å². The van der Waals surface area contributed by atoms with E-state index in [1.54, 1.807) is 6.08 Å². The summed E-state index contributed by atoms with van der Waals surface area (Å²) in [5.41, 5.74) is 1.74. The zero-order valence-corrected chi connectivity index (χ0v) is 13.0. The second-order valence-corrected chi connectivity index (χ2v) is 5.45. The van der Waals surface area contributed by atoms with E-state index in [0.717, 1.165) is 11.1 Å². The molecule has 0 aliphatic carbocycles. The summed E-state index contributed by atoms with van der Waals surface area (Å²) in [6.45, 7) is 3.20. The van der Waals surface area contributed by atoms with Crippen molar-refractivity contribution in [1.29, 1.82) is 0 Å². The number of benzene rings is 1. The molecule has 7 heteroatoms. The molecule has 5 atom stereocenters. The summed E-state index contributed by atoms with van der Waals surface area (Å²) in [5, 5.41) is 57.5. The van der Waals surface area contributed by atoms with Crippen molar-refractivity contribution in [1.82, 2.24) is 4.90 Å². The Hall–Kier alpha value is -1.32. The van der Waals surface area contributed by atoms with E-state index in [4.69, 9.17) is 5.11 Å². The molecular weight excluding hydrogens is 302 g/mol. The number of aliphatic hydroxyl groups is 6. The summed E-state index contributed by atoms with van der Waals surface area (Å²) in [6.07, 6.45) is -6.75. The van der Waals surface area contributed by atoms with Crippen LogP contribution in [0.3, 0.4) is 0 Å². The van der Waals surface area contributed by atoms with Gasteiger partial charge in [-0.3, -0.25) is 4.90 Å². The lowest BCUT2D eigenvalue weighted by Crippen LogP contribution is -2.53. The number of rotatable bonds is 9. The fraction of sp³-hybridized carbons (Fsp3) is 0.500.